The summed E-state index contributed by atoms with van der Waals surface area (Å²) in [5, 5.41) is 9.16. The van der Waals surface area contributed by atoms with E-state index in [1.807, 2.05) is 24.3 Å². The molecule has 26 heavy (non-hydrogen) atoms. The molecular formula is C21H18N2O2S. The number of methoxy groups -OCH3 is 1. The number of thiophene rings is 1. The highest BCUT2D eigenvalue weighted by Gasteiger charge is 2.41. The molecule has 0 N–H and O–H groups in total. The minimum atomic E-state index is -0.182. The maximum absolute atomic E-state index is 6.32. The number of hydrogen-bond donors (Lipinski definition) is 0. The van der Waals surface area contributed by atoms with Crippen molar-refractivity contribution in [1.82, 2.24) is 5.01 Å². The maximum atomic E-state index is 6.32. The highest BCUT2D eigenvalue weighted by atomic mass is 32.1. The molecule has 0 bridgehead atoms. The second-order valence-electron chi connectivity index (χ2n) is 6.40. The molecule has 4 nitrogen and oxygen atoms in total. The largest absolute Gasteiger partial charge is 0.497 e. The molecule has 0 fully saturated rings. The van der Waals surface area contributed by atoms with E-state index in [4.69, 9.17) is 14.6 Å². The van der Waals surface area contributed by atoms with Gasteiger partial charge in [0, 0.05) is 17.5 Å². The van der Waals surface area contributed by atoms with E-state index >= 15 is 0 Å². The van der Waals surface area contributed by atoms with Crippen molar-refractivity contribution < 1.29 is 9.47 Å². The van der Waals surface area contributed by atoms with E-state index in [2.05, 4.69) is 46.8 Å². The van der Waals surface area contributed by atoms with Crippen LogP contribution >= 0.6 is 11.3 Å². The molecule has 3 heterocycles. The van der Waals surface area contributed by atoms with Gasteiger partial charge in [0.05, 0.1) is 23.7 Å². The molecule has 0 radical (unpaired) electrons. The van der Waals surface area contributed by atoms with Crippen molar-refractivity contribution in [1.29, 1.82) is 0 Å². The van der Waals surface area contributed by atoms with Crippen molar-refractivity contribution in [2.45, 2.75) is 18.7 Å². The molecule has 130 valence electrons. The van der Waals surface area contributed by atoms with Gasteiger partial charge in [-0.25, -0.2) is 5.01 Å². The van der Waals surface area contributed by atoms with E-state index in [0.717, 1.165) is 29.2 Å². The van der Waals surface area contributed by atoms with Gasteiger partial charge in [-0.2, -0.15) is 5.10 Å². The van der Waals surface area contributed by atoms with Crippen LogP contribution in [-0.4, -0.2) is 17.8 Å². The number of hydrazone groups is 1. The van der Waals surface area contributed by atoms with E-state index < -0.39 is 0 Å². The molecule has 5 rings (SSSR count). The monoisotopic (exact) mass is 362 g/mol. The second-order valence-corrected chi connectivity index (χ2v) is 7.38. The van der Waals surface area contributed by atoms with Crippen LogP contribution in [-0.2, 0) is 0 Å². The number of ether oxygens (including phenoxy) is 2. The van der Waals surface area contributed by atoms with Gasteiger partial charge in [-0.15, -0.1) is 11.3 Å². The van der Waals surface area contributed by atoms with Crippen molar-refractivity contribution in [3.8, 4) is 11.5 Å². The van der Waals surface area contributed by atoms with Gasteiger partial charge >= 0.3 is 0 Å². The molecule has 0 amide bonds. The Balaban J connectivity index is 1.58. The van der Waals surface area contributed by atoms with Gasteiger partial charge in [0.1, 0.15) is 11.5 Å². The fraction of sp³-hybridized carbons (Fsp3) is 0.190. The molecule has 0 aliphatic carbocycles. The molecule has 2 aliphatic rings. The first kappa shape index (κ1) is 15.5. The first-order valence-corrected chi connectivity index (χ1v) is 9.50. The van der Waals surface area contributed by atoms with Crippen LogP contribution in [0.15, 0.2) is 71.1 Å². The fourth-order valence-electron chi connectivity index (χ4n) is 3.63. The molecule has 0 unspecified atom stereocenters. The van der Waals surface area contributed by atoms with Crippen LogP contribution in [0, 0.1) is 0 Å². The highest BCUT2D eigenvalue weighted by molar-refractivity contribution is 7.10. The molecular weight excluding hydrogens is 344 g/mol. The molecule has 1 aromatic heterocycles. The average Bonchev–Trinajstić information content (AvgIpc) is 3.37. The molecule has 2 atom stereocenters. The lowest BCUT2D eigenvalue weighted by atomic mass is 9.96. The third-order valence-corrected chi connectivity index (χ3v) is 5.79. The summed E-state index contributed by atoms with van der Waals surface area (Å²) in [6.45, 7) is 0. The Bertz CT molecular complexity index is 968. The molecule has 5 heteroatoms. The standard InChI is InChI=1S/C21H18N2O2S/c1-24-15-7-4-6-14(12-15)17-13-18-16-8-2-3-9-19(16)25-21(23(18)22-17)20-10-5-11-26-20/h2-12,18,21H,13H2,1H3/t18-,21-/m1/s1. The number of hydrogen-bond acceptors (Lipinski definition) is 5. The van der Waals surface area contributed by atoms with E-state index in [0.29, 0.717) is 0 Å². The smallest absolute Gasteiger partial charge is 0.222 e. The predicted octanol–water partition coefficient (Wildman–Crippen LogP) is 5.00. The zero-order valence-electron chi connectivity index (χ0n) is 14.3. The van der Waals surface area contributed by atoms with Gasteiger partial charge in [-0.1, -0.05) is 36.4 Å². The minimum Gasteiger partial charge on any atom is -0.497 e. The van der Waals surface area contributed by atoms with Crippen LogP contribution in [0.4, 0.5) is 0 Å². The van der Waals surface area contributed by atoms with Crippen molar-refractivity contribution in [3.05, 3.63) is 82.0 Å². The quantitative estimate of drug-likeness (QED) is 0.658. The molecule has 3 aromatic rings. The maximum Gasteiger partial charge on any atom is 0.222 e. The zero-order chi connectivity index (χ0) is 17.5. The lowest BCUT2D eigenvalue weighted by molar-refractivity contribution is -0.0165. The molecule has 0 saturated carbocycles. The fourth-order valence-corrected chi connectivity index (χ4v) is 4.37. The van der Waals surface area contributed by atoms with Crippen molar-refractivity contribution >= 4 is 17.0 Å². The van der Waals surface area contributed by atoms with E-state index in [1.165, 1.54) is 10.4 Å². The molecule has 2 aromatic carbocycles. The Labute approximate surface area is 156 Å². The number of nitrogens with zero attached hydrogens (tertiary/aromatic N) is 2. The highest BCUT2D eigenvalue weighted by Crippen LogP contribution is 2.48. The lowest BCUT2D eigenvalue weighted by Crippen LogP contribution is -2.33. The number of fused-ring (bicyclic) bond motifs is 3. The second kappa shape index (κ2) is 6.18. The van der Waals surface area contributed by atoms with Gasteiger partial charge in [0.2, 0.25) is 6.23 Å². The Morgan fingerprint density at radius 1 is 1.12 bits per heavy atom. The molecule has 2 aliphatic heterocycles. The van der Waals surface area contributed by atoms with Gasteiger partial charge in [-0.05, 0) is 29.6 Å². The Morgan fingerprint density at radius 3 is 2.88 bits per heavy atom. The third kappa shape index (κ3) is 2.47. The average molecular weight is 362 g/mol. The lowest BCUT2D eigenvalue weighted by Gasteiger charge is -2.37. The summed E-state index contributed by atoms with van der Waals surface area (Å²) < 4.78 is 11.7. The van der Waals surface area contributed by atoms with Crippen molar-refractivity contribution in [2.75, 3.05) is 7.11 Å². The van der Waals surface area contributed by atoms with Crippen LogP contribution in [0.1, 0.15) is 34.7 Å². The Hall–Kier alpha value is -2.79. The normalized spacial score (nSPS) is 20.8. The predicted molar refractivity (Wildman–Crippen MR) is 103 cm³/mol. The van der Waals surface area contributed by atoms with Gasteiger partial charge < -0.3 is 9.47 Å². The topological polar surface area (TPSA) is 34.1 Å². The minimum absolute atomic E-state index is 0.182. The SMILES string of the molecule is COc1cccc(C2=NN3[C@H](C2)c2ccccc2O[C@@H]3c2cccs2)c1. The van der Waals surface area contributed by atoms with Gasteiger partial charge in [0.25, 0.3) is 0 Å². The zero-order valence-corrected chi connectivity index (χ0v) is 15.1. The van der Waals surface area contributed by atoms with Gasteiger partial charge in [0.15, 0.2) is 0 Å². The van der Waals surface area contributed by atoms with Crippen molar-refractivity contribution in [2.24, 2.45) is 5.10 Å². The summed E-state index contributed by atoms with van der Waals surface area (Å²) in [5.74, 6) is 1.80. The Kier molecular flexibility index (Phi) is 3.68. The first-order chi connectivity index (χ1) is 12.8. The molecule has 0 spiro atoms. The van der Waals surface area contributed by atoms with Crippen molar-refractivity contribution in [3.63, 3.8) is 0 Å². The number of rotatable bonds is 3. The summed E-state index contributed by atoms with van der Waals surface area (Å²) >= 11 is 1.70. The van der Waals surface area contributed by atoms with E-state index in [1.54, 1.807) is 18.4 Å². The number of benzene rings is 2. The number of para-hydroxylation sites is 1. The summed E-state index contributed by atoms with van der Waals surface area (Å²) in [7, 11) is 1.69. The van der Waals surface area contributed by atoms with E-state index in [9.17, 15) is 0 Å². The van der Waals surface area contributed by atoms with Crippen LogP contribution in [0.5, 0.6) is 11.5 Å². The molecule has 0 saturated heterocycles. The summed E-state index contributed by atoms with van der Waals surface area (Å²) in [4.78, 5) is 1.17. The van der Waals surface area contributed by atoms with E-state index in [-0.39, 0.29) is 12.3 Å². The van der Waals surface area contributed by atoms with Gasteiger partial charge in [-0.3, -0.25) is 0 Å². The van der Waals surface area contributed by atoms with Crippen LogP contribution in [0.2, 0.25) is 0 Å². The van der Waals surface area contributed by atoms with Crippen LogP contribution in [0.25, 0.3) is 0 Å². The summed E-state index contributed by atoms with van der Waals surface area (Å²) in [5.41, 5.74) is 3.36. The Morgan fingerprint density at radius 2 is 2.04 bits per heavy atom. The van der Waals surface area contributed by atoms with Crippen LogP contribution < -0.4 is 9.47 Å². The van der Waals surface area contributed by atoms with Crippen LogP contribution in [0.3, 0.4) is 0 Å². The summed E-state index contributed by atoms with van der Waals surface area (Å²) in [6, 6.07) is 20.7. The first-order valence-electron chi connectivity index (χ1n) is 8.63. The summed E-state index contributed by atoms with van der Waals surface area (Å²) in [6.07, 6.45) is 0.674. The third-order valence-electron chi connectivity index (χ3n) is 4.89.